The van der Waals surface area contributed by atoms with Gasteiger partial charge in [-0.1, -0.05) is 25.4 Å². The van der Waals surface area contributed by atoms with Gasteiger partial charge in [0.1, 0.15) is 0 Å². The van der Waals surface area contributed by atoms with E-state index in [0.717, 1.165) is 12.8 Å². The lowest BCUT2D eigenvalue weighted by molar-refractivity contribution is -0.117. The molecule has 114 valence electrons. The van der Waals surface area contributed by atoms with Crippen molar-refractivity contribution in [2.24, 2.45) is 5.92 Å². The van der Waals surface area contributed by atoms with Gasteiger partial charge < -0.3 is 10.2 Å². The fraction of sp³-hybridized carbons (Fsp3) is 0.500. The van der Waals surface area contributed by atoms with Gasteiger partial charge in [0.2, 0.25) is 5.91 Å². The first-order chi connectivity index (χ1) is 9.99. The average Bonchev–Trinajstić information content (AvgIpc) is 2.84. The molecule has 1 fully saturated rings. The number of halogens is 1. The van der Waals surface area contributed by atoms with Crippen molar-refractivity contribution < 1.29 is 9.59 Å². The number of hydrogen-bond donors (Lipinski definition) is 1. The van der Waals surface area contributed by atoms with Crippen LogP contribution in [0, 0.1) is 5.92 Å². The highest BCUT2D eigenvalue weighted by Gasteiger charge is 2.26. The number of hydrogen-bond acceptors (Lipinski definition) is 2. The van der Waals surface area contributed by atoms with Crippen LogP contribution >= 0.6 is 11.6 Å². The summed E-state index contributed by atoms with van der Waals surface area (Å²) in [5.41, 5.74) is 1.13. The lowest BCUT2D eigenvalue weighted by atomic mass is 10.1. The topological polar surface area (TPSA) is 49.4 Å². The Kier molecular flexibility index (Phi) is 5.23. The molecule has 0 unspecified atom stereocenters. The molecule has 5 heteroatoms. The molecule has 0 bridgehead atoms. The lowest BCUT2D eigenvalue weighted by Crippen LogP contribution is -2.30. The van der Waals surface area contributed by atoms with E-state index in [1.165, 1.54) is 0 Å². The van der Waals surface area contributed by atoms with Crippen LogP contribution in [0.1, 0.15) is 43.5 Å². The SMILES string of the molecule is CC(C)CCNC(=O)c1ccc(Cl)cc1N1CCCC1=O. The van der Waals surface area contributed by atoms with Crippen molar-refractivity contribution in [2.75, 3.05) is 18.0 Å². The molecule has 0 atom stereocenters. The van der Waals surface area contributed by atoms with Crippen molar-refractivity contribution >= 4 is 29.1 Å². The molecule has 2 amide bonds. The number of carbonyl (C=O) groups is 2. The molecule has 0 radical (unpaired) electrons. The minimum Gasteiger partial charge on any atom is -0.352 e. The lowest BCUT2D eigenvalue weighted by Gasteiger charge is -2.20. The van der Waals surface area contributed by atoms with Crippen molar-refractivity contribution in [3.63, 3.8) is 0 Å². The van der Waals surface area contributed by atoms with E-state index in [1.807, 2.05) is 0 Å². The zero-order valence-corrected chi connectivity index (χ0v) is 13.2. The number of nitrogens with one attached hydrogen (secondary N) is 1. The van der Waals surface area contributed by atoms with E-state index >= 15 is 0 Å². The average molecular weight is 309 g/mol. The van der Waals surface area contributed by atoms with Crippen molar-refractivity contribution in [3.8, 4) is 0 Å². The summed E-state index contributed by atoms with van der Waals surface area (Å²) in [4.78, 5) is 25.9. The normalized spacial score (nSPS) is 14.9. The Morgan fingerprint density at radius 1 is 1.43 bits per heavy atom. The third kappa shape index (κ3) is 3.97. The van der Waals surface area contributed by atoms with E-state index < -0.39 is 0 Å². The van der Waals surface area contributed by atoms with Crippen molar-refractivity contribution in [3.05, 3.63) is 28.8 Å². The Balaban J connectivity index is 2.18. The molecule has 2 rings (SSSR count). The van der Waals surface area contributed by atoms with E-state index in [2.05, 4.69) is 19.2 Å². The van der Waals surface area contributed by atoms with Gasteiger partial charge in [-0.25, -0.2) is 0 Å². The predicted molar refractivity (Wildman–Crippen MR) is 84.8 cm³/mol. The number of benzene rings is 1. The smallest absolute Gasteiger partial charge is 0.253 e. The summed E-state index contributed by atoms with van der Waals surface area (Å²) in [6.45, 7) is 5.50. The van der Waals surface area contributed by atoms with Crippen LogP contribution in [0.15, 0.2) is 18.2 Å². The van der Waals surface area contributed by atoms with Gasteiger partial charge in [-0.2, -0.15) is 0 Å². The van der Waals surface area contributed by atoms with Gasteiger partial charge >= 0.3 is 0 Å². The summed E-state index contributed by atoms with van der Waals surface area (Å²) in [7, 11) is 0. The van der Waals surface area contributed by atoms with Crippen molar-refractivity contribution in [1.82, 2.24) is 5.32 Å². The second-order valence-corrected chi connectivity index (χ2v) is 6.19. The van der Waals surface area contributed by atoms with Gasteiger partial charge in [0.25, 0.3) is 5.91 Å². The molecule has 4 nitrogen and oxygen atoms in total. The van der Waals surface area contributed by atoms with E-state index in [4.69, 9.17) is 11.6 Å². The van der Waals surface area contributed by atoms with E-state index in [-0.39, 0.29) is 11.8 Å². The molecule has 1 aliphatic heterocycles. The summed E-state index contributed by atoms with van der Waals surface area (Å²) >= 11 is 6.02. The van der Waals surface area contributed by atoms with E-state index in [9.17, 15) is 9.59 Å². The highest BCUT2D eigenvalue weighted by atomic mass is 35.5. The third-order valence-corrected chi connectivity index (χ3v) is 3.81. The second-order valence-electron chi connectivity index (χ2n) is 5.75. The number of amides is 2. The molecule has 0 saturated carbocycles. The molecule has 0 spiro atoms. The Hall–Kier alpha value is -1.55. The van der Waals surface area contributed by atoms with E-state index in [0.29, 0.717) is 41.7 Å². The zero-order chi connectivity index (χ0) is 15.4. The minimum atomic E-state index is -0.151. The summed E-state index contributed by atoms with van der Waals surface area (Å²) in [6, 6.07) is 5.07. The predicted octanol–water partition coefficient (Wildman–Crippen LogP) is 3.24. The molecular formula is C16H21ClN2O2. The highest BCUT2D eigenvalue weighted by molar-refractivity contribution is 6.31. The van der Waals surface area contributed by atoms with Crippen LogP contribution in [0.2, 0.25) is 5.02 Å². The fourth-order valence-corrected chi connectivity index (χ4v) is 2.56. The van der Waals surface area contributed by atoms with Gasteiger partial charge in [-0.05, 0) is 37.0 Å². The Morgan fingerprint density at radius 3 is 2.81 bits per heavy atom. The second kappa shape index (κ2) is 6.94. The fourth-order valence-electron chi connectivity index (χ4n) is 2.39. The van der Waals surface area contributed by atoms with Crippen LogP contribution in [0.5, 0.6) is 0 Å². The molecule has 1 N–H and O–H groups in total. The maximum atomic E-state index is 12.3. The molecule has 0 aromatic heterocycles. The van der Waals surface area contributed by atoms with Gasteiger partial charge in [0.15, 0.2) is 0 Å². The molecule has 1 aromatic carbocycles. The first-order valence-electron chi connectivity index (χ1n) is 7.37. The monoisotopic (exact) mass is 308 g/mol. The molecule has 1 aromatic rings. The van der Waals surface area contributed by atoms with Crippen LogP contribution < -0.4 is 10.2 Å². The number of anilines is 1. The Bertz CT molecular complexity index is 543. The highest BCUT2D eigenvalue weighted by Crippen LogP contribution is 2.28. The maximum absolute atomic E-state index is 12.3. The zero-order valence-electron chi connectivity index (χ0n) is 12.5. The first-order valence-corrected chi connectivity index (χ1v) is 7.75. The largest absolute Gasteiger partial charge is 0.352 e. The Labute approximate surface area is 130 Å². The molecular weight excluding hydrogens is 288 g/mol. The molecule has 21 heavy (non-hydrogen) atoms. The molecule has 0 aliphatic carbocycles. The maximum Gasteiger partial charge on any atom is 0.253 e. The van der Waals surface area contributed by atoms with Crippen LogP contribution in [-0.4, -0.2) is 24.9 Å². The molecule has 1 saturated heterocycles. The van der Waals surface area contributed by atoms with Gasteiger partial charge in [-0.15, -0.1) is 0 Å². The van der Waals surface area contributed by atoms with Crippen LogP contribution in [0.3, 0.4) is 0 Å². The standard InChI is InChI=1S/C16H21ClN2O2/c1-11(2)7-8-18-16(21)13-6-5-12(17)10-14(13)19-9-3-4-15(19)20/h5-6,10-11H,3-4,7-9H2,1-2H3,(H,18,21). The number of carbonyl (C=O) groups excluding carboxylic acids is 2. The Morgan fingerprint density at radius 2 is 2.19 bits per heavy atom. The first kappa shape index (κ1) is 15.8. The van der Waals surface area contributed by atoms with Gasteiger partial charge in [-0.3, -0.25) is 9.59 Å². The number of rotatable bonds is 5. The van der Waals surface area contributed by atoms with Crippen LogP contribution in [-0.2, 0) is 4.79 Å². The van der Waals surface area contributed by atoms with Crippen molar-refractivity contribution in [2.45, 2.75) is 33.1 Å². The van der Waals surface area contributed by atoms with Gasteiger partial charge in [0, 0.05) is 24.5 Å². The van der Waals surface area contributed by atoms with Crippen molar-refractivity contribution in [1.29, 1.82) is 0 Å². The van der Waals surface area contributed by atoms with Gasteiger partial charge in [0.05, 0.1) is 11.3 Å². The van der Waals surface area contributed by atoms with Crippen LogP contribution in [0.25, 0.3) is 0 Å². The van der Waals surface area contributed by atoms with Crippen LogP contribution in [0.4, 0.5) is 5.69 Å². The molecule has 1 heterocycles. The summed E-state index contributed by atoms with van der Waals surface area (Å²) in [6.07, 6.45) is 2.28. The summed E-state index contributed by atoms with van der Waals surface area (Å²) in [5.74, 6) is 0.436. The molecule has 1 aliphatic rings. The quantitative estimate of drug-likeness (QED) is 0.908. The summed E-state index contributed by atoms with van der Waals surface area (Å²) in [5, 5.41) is 3.44. The third-order valence-electron chi connectivity index (χ3n) is 3.58. The minimum absolute atomic E-state index is 0.0495. The number of nitrogens with zero attached hydrogens (tertiary/aromatic N) is 1. The summed E-state index contributed by atoms with van der Waals surface area (Å²) < 4.78 is 0. The van der Waals surface area contributed by atoms with E-state index in [1.54, 1.807) is 23.1 Å².